The second kappa shape index (κ2) is 8.29. The molecule has 0 unspecified atom stereocenters. The average Bonchev–Trinajstić information content (AvgIpc) is 2.88. The van der Waals surface area contributed by atoms with Gasteiger partial charge in [-0.1, -0.05) is 13.8 Å². The maximum atomic E-state index is 12.4. The first-order valence-electron chi connectivity index (χ1n) is 8.20. The monoisotopic (exact) mass is 307 g/mol. The number of carbonyl (C=O) groups is 1. The minimum Gasteiger partial charge on any atom is -0.350 e. The zero-order valence-electron chi connectivity index (χ0n) is 14.0. The van der Waals surface area contributed by atoms with Gasteiger partial charge in [-0.05, 0) is 32.5 Å². The van der Waals surface area contributed by atoms with Crippen LogP contribution in [0.4, 0.5) is 0 Å². The van der Waals surface area contributed by atoms with E-state index in [1.807, 2.05) is 10.8 Å². The van der Waals surface area contributed by atoms with Gasteiger partial charge in [0.25, 0.3) is 0 Å². The lowest BCUT2D eigenvalue weighted by Gasteiger charge is -2.25. The second-order valence-electron chi connectivity index (χ2n) is 6.61. The summed E-state index contributed by atoms with van der Waals surface area (Å²) in [6, 6.07) is 0.136. The third-order valence-electron chi connectivity index (χ3n) is 4.30. The molecule has 1 N–H and O–H groups in total. The van der Waals surface area contributed by atoms with Crippen LogP contribution in [0.25, 0.3) is 0 Å². The topological polar surface area (TPSA) is 53.4 Å². The fourth-order valence-corrected chi connectivity index (χ4v) is 2.76. The van der Waals surface area contributed by atoms with Crippen molar-refractivity contribution < 1.29 is 4.79 Å². The number of nitrogens with one attached hydrogen (secondary N) is 1. The Morgan fingerprint density at radius 3 is 2.77 bits per heavy atom. The Morgan fingerprint density at radius 1 is 1.27 bits per heavy atom. The van der Waals surface area contributed by atoms with E-state index in [-0.39, 0.29) is 11.9 Å². The van der Waals surface area contributed by atoms with Gasteiger partial charge in [-0.2, -0.15) is 0 Å². The van der Waals surface area contributed by atoms with E-state index >= 15 is 0 Å². The number of aromatic nitrogens is 2. The molecule has 0 saturated carbocycles. The van der Waals surface area contributed by atoms with Crippen molar-refractivity contribution in [3.8, 4) is 0 Å². The Labute approximate surface area is 133 Å². The molecule has 1 amide bonds. The molecule has 0 spiro atoms. The zero-order chi connectivity index (χ0) is 15.9. The zero-order valence-corrected chi connectivity index (χ0v) is 14.0. The molecule has 2 heterocycles. The molecule has 0 radical (unpaired) electrons. The van der Waals surface area contributed by atoms with Crippen molar-refractivity contribution in [2.24, 2.45) is 5.92 Å². The number of amides is 1. The quantitative estimate of drug-likeness (QED) is 0.839. The Kier molecular flexibility index (Phi) is 6.39. The molecular formula is C16H29N5O. The van der Waals surface area contributed by atoms with Crippen molar-refractivity contribution in [3.63, 3.8) is 0 Å². The van der Waals surface area contributed by atoms with Crippen LogP contribution in [0.5, 0.6) is 0 Å². The molecular weight excluding hydrogens is 278 g/mol. The first-order valence-corrected chi connectivity index (χ1v) is 8.20. The van der Waals surface area contributed by atoms with Gasteiger partial charge < -0.3 is 14.8 Å². The van der Waals surface area contributed by atoms with Crippen LogP contribution in [0.1, 0.15) is 20.3 Å². The summed E-state index contributed by atoms with van der Waals surface area (Å²) >= 11 is 0. The van der Waals surface area contributed by atoms with Gasteiger partial charge >= 0.3 is 0 Å². The van der Waals surface area contributed by atoms with Crippen LogP contribution >= 0.6 is 0 Å². The fraction of sp³-hybridized carbons (Fsp3) is 0.750. The van der Waals surface area contributed by atoms with Gasteiger partial charge in [-0.25, -0.2) is 4.98 Å². The summed E-state index contributed by atoms with van der Waals surface area (Å²) in [5.74, 6) is 0.519. The number of imidazole rings is 1. The number of rotatable bonds is 6. The van der Waals surface area contributed by atoms with Gasteiger partial charge in [0.15, 0.2) is 0 Å². The van der Waals surface area contributed by atoms with E-state index in [9.17, 15) is 4.79 Å². The molecule has 6 nitrogen and oxygen atoms in total. The van der Waals surface area contributed by atoms with Crippen LogP contribution in [-0.4, -0.2) is 71.1 Å². The van der Waals surface area contributed by atoms with E-state index in [0.29, 0.717) is 12.5 Å². The maximum absolute atomic E-state index is 12.4. The van der Waals surface area contributed by atoms with E-state index in [2.05, 4.69) is 41.0 Å². The highest BCUT2D eigenvalue weighted by Gasteiger charge is 2.19. The van der Waals surface area contributed by atoms with E-state index in [1.54, 1.807) is 12.5 Å². The van der Waals surface area contributed by atoms with Crippen LogP contribution in [0.15, 0.2) is 18.7 Å². The molecule has 1 atom stereocenters. The first-order chi connectivity index (χ1) is 10.5. The normalized spacial score (nSPS) is 19.1. The molecule has 1 aliphatic heterocycles. The molecule has 1 saturated heterocycles. The van der Waals surface area contributed by atoms with Crippen molar-refractivity contribution in [2.75, 3.05) is 39.8 Å². The van der Waals surface area contributed by atoms with Crippen molar-refractivity contribution in [2.45, 2.75) is 32.9 Å². The van der Waals surface area contributed by atoms with Crippen LogP contribution in [-0.2, 0) is 11.3 Å². The molecule has 1 aliphatic rings. The lowest BCUT2D eigenvalue weighted by molar-refractivity contribution is -0.123. The lowest BCUT2D eigenvalue weighted by atomic mass is 10.0. The predicted molar refractivity (Wildman–Crippen MR) is 87.5 cm³/mol. The highest BCUT2D eigenvalue weighted by Crippen LogP contribution is 2.06. The van der Waals surface area contributed by atoms with Gasteiger partial charge in [0.1, 0.15) is 0 Å². The Balaban J connectivity index is 1.82. The molecule has 0 aliphatic carbocycles. The molecule has 0 aromatic carbocycles. The molecule has 6 heteroatoms. The van der Waals surface area contributed by atoms with Crippen molar-refractivity contribution >= 4 is 5.91 Å². The maximum Gasteiger partial charge on any atom is 0.234 e. The van der Waals surface area contributed by atoms with E-state index in [0.717, 1.165) is 39.1 Å². The Hall–Kier alpha value is -1.40. The van der Waals surface area contributed by atoms with Gasteiger partial charge in [0.05, 0.1) is 12.9 Å². The van der Waals surface area contributed by atoms with E-state index in [1.165, 1.54) is 0 Å². The first kappa shape index (κ1) is 17.0. The van der Waals surface area contributed by atoms with Gasteiger partial charge in [0.2, 0.25) is 5.91 Å². The number of likely N-dealkylation sites (N-methyl/N-ethyl adjacent to an activating group) is 1. The van der Waals surface area contributed by atoms with Crippen LogP contribution in [0.3, 0.4) is 0 Å². The number of hydrogen-bond donors (Lipinski definition) is 1. The predicted octanol–water partition coefficient (Wildman–Crippen LogP) is 0.661. The Bertz CT molecular complexity index is 445. The summed E-state index contributed by atoms with van der Waals surface area (Å²) < 4.78 is 2.02. The molecule has 1 fully saturated rings. The number of carbonyl (C=O) groups excluding carboxylic acids is 1. The fourth-order valence-electron chi connectivity index (χ4n) is 2.76. The van der Waals surface area contributed by atoms with Crippen molar-refractivity contribution in [1.29, 1.82) is 0 Å². The molecule has 22 heavy (non-hydrogen) atoms. The molecule has 2 rings (SSSR count). The third-order valence-corrected chi connectivity index (χ3v) is 4.30. The van der Waals surface area contributed by atoms with E-state index in [4.69, 9.17) is 0 Å². The molecule has 0 bridgehead atoms. The van der Waals surface area contributed by atoms with E-state index < -0.39 is 0 Å². The number of hydrogen-bond acceptors (Lipinski definition) is 4. The van der Waals surface area contributed by atoms with Crippen molar-refractivity contribution in [1.82, 2.24) is 24.7 Å². The summed E-state index contributed by atoms with van der Waals surface area (Å²) in [5.41, 5.74) is 0. The largest absolute Gasteiger partial charge is 0.350 e. The van der Waals surface area contributed by atoms with Gasteiger partial charge in [-0.15, -0.1) is 0 Å². The Morgan fingerprint density at radius 2 is 2.09 bits per heavy atom. The number of nitrogens with zero attached hydrogens (tertiary/aromatic N) is 4. The molecule has 1 aromatic rings. The highest BCUT2D eigenvalue weighted by atomic mass is 16.2. The van der Waals surface area contributed by atoms with Crippen molar-refractivity contribution in [3.05, 3.63) is 18.7 Å². The van der Waals surface area contributed by atoms with Gasteiger partial charge in [0, 0.05) is 38.1 Å². The minimum atomic E-state index is 0.128. The summed E-state index contributed by atoms with van der Waals surface area (Å²) in [5, 5.41) is 3.19. The SMILES string of the molecule is CC(C)[C@H](Cn1ccnc1)NC(=O)CN1CCCN(C)CC1. The molecule has 1 aromatic heterocycles. The summed E-state index contributed by atoms with van der Waals surface area (Å²) in [7, 11) is 2.14. The minimum absolute atomic E-state index is 0.128. The van der Waals surface area contributed by atoms with Crippen LogP contribution in [0.2, 0.25) is 0 Å². The standard InChI is InChI=1S/C16H29N5O/c1-14(2)15(11-21-8-5-17-13-21)18-16(22)12-20-7-4-6-19(3)9-10-20/h5,8,13-15H,4,6-7,9-12H2,1-3H3,(H,18,22)/t15-/m0/s1. The summed E-state index contributed by atoms with van der Waals surface area (Å²) in [4.78, 5) is 21.0. The van der Waals surface area contributed by atoms with Crippen LogP contribution in [0, 0.1) is 5.92 Å². The van der Waals surface area contributed by atoms with Gasteiger partial charge in [-0.3, -0.25) is 9.69 Å². The second-order valence-corrected chi connectivity index (χ2v) is 6.61. The lowest BCUT2D eigenvalue weighted by Crippen LogP contribution is -2.46. The highest BCUT2D eigenvalue weighted by molar-refractivity contribution is 5.78. The summed E-state index contributed by atoms with van der Waals surface area (Å²) in [6.07, 6.45) is 6.64. The molecule has 124 valence electrons. The average molecular weight is 307 g/mol. The third kappa shape index (κ3) is 5.42. The summed E-state index contributed by atoms with van der Waals surface area (Å²) in [6.45, 7) is 9.69. The smallest absolute Gasteiger partial charge is 0.234 e. The van der Waals surface area contributed by atoms with Crippen LogP contribution < -0.4 is 5.32 Å².